The lowest BCUT2D eigenvalue weighted by Crippen LogP contribution is -2.36. The highest BCUT2D eigenvalue weighted by Gasteiger charge is 2.19. The van der Waals surface area contributed by atoms with Gasteiger partial charge in [-0.2, -0.15) is 0 Å². The SMILES string of the molecule is CC(NC(=O)Cn1cc([N+](=O)[O-])cc(C(N)=O)c1=O)c1cccc2ccccc12. The third-order valence-corrected chi connectivity index (χ3v) is 4.53. The lowest BCUT2D eigenvalue weighted by atomic mass is 10.00. The summed E-state index contributed by atoms with van der Waals surface area (Å²) < 4.78 is 0.809. The molecule has 1 aromatic heterocycles. The quantitative estimate of drug-likeness (QED) is 0.486. The van der Waals surface area contributed by atoms with Crippen LogP contribution in [0.4, 0.5) is 5.69 Å². The maximum Gasteiger partial charge on any atom is 0.286 e. The number of nitrogens with zero attached hydrogens (tertiary/aromatic N) is 2. The third kappa shape index (κ3) is 4.13. The van der Waals surface area contributed by atoms with E-state index in [2.05, 4.69) is 5.32 Å². The van der Waals surface area contributed by atoms with Gasteiger partial charge in [0.2, 0.25) is 5.91 Å². The number of amides is 2. The second-order valence-corrected chi connectivity index (χ2v) is 6.52. The number of hydrogen-bond donors (Lipinski definition) is 2. The molecule has 29 heavy (non-hydrogen) atoms. The number of nitrogens with one attached hydrogen (secondary N) is 1. The maximum absolute atomic E-state index is 12.5. The van der Waals surface area contributed by atoms with E-state index in [0.717, 1.165) is 33.2 Å². The first-order valence-corrected chi connectivity index (χ1v) is 8.73. The van der Waals surface area contributed by atoms with Crippen molar-refractivity contribution in [2.45, 2.75) is 19.5 Å². The smallest absolute Gasteiger partial charge is 0.286 e. The molecule has 0 spiro atoms. The van der Waals surface area contributed by atoms with Crippen molar-refractivity contribution in [3.05, 3.63) is 86.3 Å². The van der Waals surface area contributed by atoms with E-state index < -0.39 is 40.1 Å². The molecule has 0 aliphatic rings. The number of benzene rings is 2. The van der Waals surface area contributed by atoms with Gasteiger partial charge in [0.25, 0.3) is 17.2 Å². The molecule has 0 saturated carbocycles. The highest BCUT2D eigenvalue weighted by Crippen LogP contribution is 2.24. The maximum atomic E-state index is 12.5. The molecule has 1 heterocycles. The van der Waals surface area contributed by atoms with Gasteiger partial charge in [0.15, 0.2) is 0 Å². The number of rotatable bonds is 6. The molecule has 3 aromatic rings. The van der Waals surface area contributed by atoms with E-state index in [9.17, 15) is 24.5 Å². The first-order valence-electron chi connectivity index (χ1n) is 8.73. The number of pyridine rings is 1. The average molecular weight is 394 g/mol. The van der Waals surface area contributed by atoms with Crippen molar-refractivity contribution >= 4 is 28.3 Å². The van der Waals surface area contributed by atoms with Gasteiger partial charge in [-0.15, -0.1) is 0 Å². The molecule has 2 amide bonds. The van der Waals surface area contributed by atoms with Crippen LogP contribution in [0, 0.1) is 10.1 Å². The van der Waals surface area contributed by atoms with Crippen LogP contribution in [0.3, 0.4) is 0 Å². The van der Waals surface area contributed by atoms with Crippen molar-refractivity contribution < 1.29 is 14.5 Å². The number of nitrogens with two attached hydrogens (primary N) is 1. The molecular weight excluding hydrogens is 376 g/mol. The Bertz CT molecular complexity index is 1180. The van der Waals surface area contributed by atoms with E-state index >= 15 is 0 Å². The molecule has 9 nitrogen and oxygen atoms in total. The van der Waals surface area contributed by atoms with Gasteiger partial charge in [0.1, 0.15) is 12.1 Å². The molecule has 0 bridgehead atoms. The summed E-state index contributed by atoms with van der Waals surface area (Å²) in [5, 5.41) is 15.8. The van der Waals surface area contributed by atoms with Crippen molar-refractivity contribution in [3.8, 4) is 0 Å². The van der Waals surface area contributed by atoms with Crippen LogP contribution >= 0.6 is 0 Å². The van der Waals surface area contributed by atoms with Crippen LogP contribution in [0.1, 0.15) is 28.9 Å². The van der Waals surface area contributed by atoms with Crippen LogP contribution in [0.15, 0.2) is 59.5 Å². The molecular formula is C20H18N4O5. The molecule has 0 fully saturated rings. The summed E-state index contributed by atoms with van der Waals surface area (Å²) in [4.78, 5) is 46.5. The Balaban J connectivity index is 1.86. The Hall–Kier alpha value is -4.01. The standard InChI is InChI=1S/C20H18N4O5/c1-12(15-8-4-6-13-5-2-3-7-16(13)15)22-18(25)11-23-10-14(24(28)29)9-17(19(21)26)20(23)27/h2-10,12H,11H2,1H3,(H2,21,26)(H,22,25). The minimum Gasteiger partial charge on any atom is -0.365 e. The molecule has 0 aliphatic carbocycles. The van der Waals surface area contributed by atoms with E-state index in [0.29, 0.717) is 0 Å². The first-order chi connectivity index (χ1) is 13.8. The second kappa shape index (κ2) is 7.93. The lowest BCUT2D eigenvalue weighted by Gasteiger charge is -2.17. The molecule has 1 atom stereocenters. The zero-order valence-electron chi connectivity index (χ0n) is 15.5. The van der Waals surface area contributed by atoms with Crippen LogP contribution < -0.4 is 16.6 Å². The van der Waals surface area contributed by atoms with Crippen LogP contribution in [0.2, 0.25) is 0 Å². The average Bonchev–Trinajstić information content (AvgIpc) is 2.68. The molecule has 2 aromatic carbocycles. The van der Waals surface area contributed by atoms with Gasteiger partial charge in [-0.05, 0) is 23.3 Å². The van der Waals surface area contributed by atoms with Crippen molar-refractivity contribution in [2.24, 2.45) is 5.73 Å². The van der Waals surface area contributed by atoms with E-state index in [4.69, 9.17) is 5.73 Å². The minimum absolute atomic E-state index is 0.376. The number of primary amides is 1. The number of fused-ring (bicyclic) bond motifs is 1. The molecule has 1 unspecified atom stereocenters. The molecule has 9 heteroatoms. The van der Waals surface area contributed by atoms with Gasteiger partial charge in [-0.25, -0.2) is 0 Å². The summed E-state index contributed by atoms with van der Waals surface area (Å²) >= 11 is 0. The van der Waals surface area contributed by atoms with Crippen molar-refractivity contribution in [1.82, 2.24) is 9.88 Å². The highest BCUT2D eigenvalue weighted by molar-refractivity contribution is 5.93. The van der Waals surface area contributed by atoms with Crippen molar-refractivity contribution in [3.63, 3.8) is 0 Å². The summed E-state index contributed by atoms with van der Waals surface area (Å²) in [5.74, 6) is -1.64. The Labute approximate surface area is 164 Å². The summed E-state index contributed by atoms with van der Waals surface area (Å²) in [7, 11) is 0. The van der Waals surface area contributed by atoms with E-state index in [1.165, 1.54) is 0 Å². The number of hydrogen-bond acceptors (Lipinski definition) is 5. The van der Waals surface area contributed by atoms with Crippen LogP contribution in [0.25, 0.3) is 10.8 Å². The fourth-order valence-corrected chi connectivity index (χ4v) is 3.16. The van der Waals surface area contributed by atoms with Gasteiger partial charge in [-0.1, -0.05) is 42.5 Å². The van der Waals surface area contributed by atoms with E-state index in [1.54, 1.807) is 6.92 Å². The molecule has 148 valence electrons. The van der Waals surface area contributed by atoms with Gasteiger partial charge in [0.05, 0.1) is 17.2 Å². The zero-order chi connectivity index (χ0) is 21.1. The number of carbonyl (C=O) groups is 2. The summed E-state index contributed by atoms with van der Waals surface area (Å²) in [6, 6.07) is 13.9. The van der Waals surface area contributed by atoms with Crippen LogP contribution in [-0.4, -0.2) is 21.3 Å². The van der Waals surface area contributed by atoms with E-state index in [-0.39, 0.29) is 6.04 Å². The highest BCUT2D eigenvalue weighted by atomic mass is 16.6. The monoisotopic (exact) mass is 394 g/mol. The van der Waals surface area contributed by atoms with Crippen molar-refractivity contribution in [2.75, 3.05) is 0 Å². The fraction of sp³-hybridized carbons (Fsp3) is 0.150. The van der Waals surface area contributed by atoms with Crippen LogP contribution in [-0.2, 0) is 11.3 Å². The topological polar surface area (TPSA) is 137 Å². The predicted octanol–water partition coefficient (Wildman–Crippen LogP) is 1.89. The lowest BCUT2D eigenvalue weighted by molar-refractivity contribution is -0.385. The third-order valence-electron chi connectivity index (χ3n) is 4.53. The first kappa shape index (κ1) is 19.7. The summed E-state index contributed by atoms with van der Waals surface area (Å²) in [5.41, 5.74) is 4.09. The summed E-state index contributed by atoms with van der Waals surface area (Å²) in [6.45, 7) is 1.31. The predicted molar refractivity (Wildman–Crippen MR) is 106 cm³/mol. The largest absolute Gasteiger partial charge is 0.365 e. The minimum atomic E-state index is -1.10. The van der Waals surface area contributed by atoms with Gasteiger partial charge >= 0.3 is 0 Å². The molecule has 0 aliphatic heterocycles. The number of nitro groups is 1. The second-order valence-electron chi connectivity index (χ2n) is 6.52. The molecule has 3 rings (SSSR count). The Kier molecular flexibility index (Phi) is 5.40. The molecule has 0 radical (unpaired) electrons. The van der Waals surface area contributed by atoms with Gasteiger partial charge in [-0.3, -0.25) is 29.1 Å². The van der Waals surface area contributed by atoms with Gasteiger partial charge < -0.3 is 11.1 Å². The summed E-state index contributed by atoms with van der Waals surface area (Å²) in [6.07, 6.45) is 0.914. The van der Waals surface area contributed by atoms with Gasteiger partial charge in [0, 0.05) is 6.07 Å². The Morgan fingerprint density at radius 3 is 2.59 bits per heavy atom. The van der Waals surface area contributed by atoms with E-state index in [1.807, 2.05) is 42.5 Å². The number of aromatic nitrogens is 1. The Morgan fingerprint density at radius 2 is 1.90 bits per heavy atom. The zero-order valence-corrected chi connectivity index (χ0v) is 15.5. The normalized spacial score (nSPS) is 11.8. The Morgan fingerprint density at radius 1 is 1.21 bits per heavy atom. The molecule has 0 saturated heterocycles. The fourth-order valence-electron chi connectivity index (χ4n) is 3.16. The molecule has 3 N–H and O–H groups in total. The number of carbonyl (C=O) groups excluding carboxylic acids is 2. The van der Waals surface area contributed by atoms with Crippen LogP contribution in [0.5, 0.6) is 0 Å². The van der Waals surface area contributed by atoms with Crippen molar-refractivity contribution in [1.29, 1.82) is 0 Å².